The minimum absolute atomic E-state index is 0.220. The van der Waals surface area contributed by atoms with Crippen LogP contribution in [0.2, 0.25) is 0 Å². The Morgan fingerprint density at radius 3 is 2.13 bits per heavy atom. The molecule has 0 aliphatic rings. The van der Waals surface area contributed by atoms with Crippen molar-refractivity contribution in [3.63, 3.8) is 0 Å². The molecule has 3 rings (SSSR count). The van der Waals surface area contributed by atoms with E-state index in [1.54, 1.807) is 18.2 Å². The largest absolute Gasteiger partial charge is 0.545 e. The van der Waals surface area contributed by atoms with Crippen LogP contribution < -0.4 is 15.2 Å². The van der Waals surface area contributed by atoms with Gasteiger partial charge in [-0.15, -0.1) is 0 Å². The van der Waals surface area contributed by atoms with Crippen molar-refractivity contribution in [2.24, 2.45) is 0 Å². The minimum atomic E-state index is -1.13. The first-order chi connectivity index (χ1) is 15.2. The van der Waals surface area contributed by atoms with Crippen molar-refractivity contribution in [3.8, 4) is 5.75 Å². The first-order valence-electron chi connectivity index (χ1n) is 11.0. The fraction of sp³-hybridized carbons (Fsp3) is 0.296. The number of benzene rings is 3. The molecule has 3 aromatic carbocycles. The van der Waals surface area contributed by atoms with Gasteiger partial charge in [0.1, 0.15) is 5.75 Å². The van der Waals surface area contributed by atoms with E-state index < -0.39 is 5.97 Å². The van der Waals surface area contributed by atoms with Gasteiger partial charge in [-0.25, -0.2) is 0 Å². The van der Waals surface area contributed by atoms with E-state index in [0.717, 1.165) is 31.7 Å². The fourth-order valence-corrected chi connectivity index (χ4v) is 3.34. The number of nitrogens with two attached hydrogens (primary N) is 1. The lowest BCUT2D eigenvalue weighted by atomic mass is 9.89. The van der Waals surface area contributed by atoms with E-state index in [-0.39, 0.29) is 5.56 Å². The molecule has 0 heterocycles. The Hall–Kier alpha value is -3.11. The van der Waals surface area contributed by atoms with Crippen molar-refractivity contribution < 1.29 is 20.0 Å². The molecule has 0 aromatic heterocycles. The number of carbonyl (C=O) groups excluding carboxylic acids is 1. The molecule has 0 spiro atoms. The molecule has 1 unspecified atom stereocenters. The Morgan fingerprint density at radius 2 is 1.55 bits per heavy atom. The Labute approximate surface area is 185 Å². The van der Waals surface area contributed by atoms with Gasteiger partial charge in [0.2, 0.25) is 0 Å². The van der Waals surface area contributed by atoms with Crippen LogP contribution in [0.4, 0.5) is 0 Å². The third-order valence-electron chi connectivity index (χ3n) is 4.98. The van der Waals surface area contributed by atoms with Crippen LogP contribution in [0.3, 0.4) is 0 Å². The Balaban J connectivity index is 0.000000316. The zero-order valence-electron chi connectivity index (χ0n) is 18.5. The summed E-state index contributed by atoms with van der Waals surface area (Å²) in [4.78, 5) is 10.1. The maximum Gasteiger partial charge on any atom is 0.122 e. The van der Waals surface area contributed by atoms with Gasteiger partial charge in [0.05, 0.1) is 26.2 Å². The van der Waals surface area contributed by atoms with Gasteiger partial charge in [-0.3, -0.25) is 0 Å². The summed E-state index contributed by atoms with van der Waals surface area (Å²) in [6, 6.07) is 27.4. The first kappa shape index (κ1) is 24.2. The first-order valence-corrected chi connectivity index (χ1v) is 11.0. The lowest BCUT2D eigenvalue weighted by Crippen LogP contribution is -2.79. The molecule has 3 aromatic rings. The number of hydrogen-bond acceptors (Lipinski definition) is 3. The molecule has 0 radical (unpaired) electrons. The molecule has 0 aliphatic carbocycles. The Morgan fingerprint density at radius 1 is 0.935 bits per heavy atom. The highest BCUT2D eigenvalue weighted by Crippen LogP contribution is 2.28. The third kappa shape index (κ3) is 8.65. The molecule has 4 nitrogen and oxygen atoms in total. The number of carbonyl (C=O) groups is 1. The summed E-state index contributed by atoms with van der Waals surface area (Å²) in [7, 11) is 2.14. The van der Waals surface area contributed by atoms with Crippen molar-refractivity contribution in [3.05, 3.63) is 102 Å². The molecule has 2 N–H and O–H groups in total. The summed E-state index contributed by atoms with van der Waals surface area (Å²) in [6.45, 7) is 4.08. The molecule has 31 heavy (non-hydrogen) atoms. The third-order valence-corrected chi connectivity index (χ3v) is 4.98. The second kappa shape index (κ2) is 14.0. The summed E-state index contributed by atoms with van der Waals surface area (Å²) in [5, 5.41) is 12.3. The molecular formula is C27H33NO3. The van der Waals surface area contributed by atoms with Crippen LogP contribution in [0.1, 0.15) is 47.2 Å². The van der Waals surface area contributed by atoms with E-state index >= 15 is 0 Å². The SMILES string of the molecule is CCCOc1ccccc1CC(CC[NH2+]C)c1ccccc1.O=C([O-])c1ccccc1. The second-order valence-corrected chi connectivity index (χ2v) is 7.41. The molecule has 0 bridgehead atoms. The van der Waals surface area contributed by atoms with Gasteiger partial charge in [-0.05, 0) is 41.5 Å². The van der Waals surface area contributed by atoms with Crippen LogP contribution in [-0.4, -0.2) is 26.2 Å². The normalized spacial score (nSPS) is 11.2. The molecule has 164 valence electrons. The van der Waals surface area contributed by atoms with Crippen LogP contribution in [0.25, 0.3) is 0 Å². The highest BCUT2D eigenvalue weighted by molar-refractivity contribution is 5.85. The topological polar surface area (TPSA) is 66.0 Å². The minimum Gasteiger partial charge on any atom is -0.545 e. The van der Waals surface area contributed by atoms with Crippen LogP contribution in [-0.2, 0) is 6.42 Å². The van der Waals surface area contributed by atoms with E-state index in [0.29, 0.717) is 5.92 Å². The van der Waals surface area contributed by atoms with Crippen LogP contribution in [0, 0.1) is 0 Å². The van der Waals surface area contributed by atoms with E-state index in [9.17, 15) is 9.90 Å². The molecule has 0 aliphatic heterocycles. The predicted molar refractivity (Wildman–Crippen MR) is 123 cm³/mol. The summed E-state index contributed by atoms with van der Waals surface area (Å²) >= 11 is 0. The highest BCUT2D eigenvalue weighted by atomic mass is 16.5. The van der Waals surface area contributed by atoms with E-state index in [2.05, 4.69) is 73.9 Å². The van der Waals surface area contributed by atoms with Gasteiger partial charge < -0.3 is 20.0 Å². The summed E-state index contributed by atoms with van der Waals surface area (Å²) in [5.74, 6) is 0.463. The Bertz CT molecular complexity index is 881. The lowest BCUT2D eigenvalue weighted by molar-refractivity contribution is -0.627. The van der Waals surface area contributed by atoms with Crippen molar-refractivity contribution in [1.29, 1.82) is 0 Å². The summed E-state index contributed by atoms with van der Waals surface area (Å²) in [5.41, 5.74) is 2.97. The molecule has 0 amide bonds. The van der Waals surface area contributed by atoms with E-state index in [1.165, 1.54) is 29.7 Å². The molecular weight excluding hydrogens is 386 g/mol. The number of rotatable bonds is 10. The number of hydrogen-bond donors (Lipinski definition) is 1. The van der Waals surface area contributed by atoms with Crippen molar-refractivity contribution in [1.82, 2.24) is 0 Å². The summed E-state index contributed by atoms with van der Waals surface area (Å²) < 4.78 is 5.92. The van der Waals surface area contributed by atoms with Gasteiger partial charge in [-0.2, -0.15) is 0 Å². The zero-order chi connectivity index (χ0) is 22.3. The van der Waals surface area contributed by atoms with Crippen LogP contribution >= 0.6 is 0 Å². The number of quaternary nitrogens is 1. The molecule has 1 atom stereocenters. The number of carboxylic acid groups (broad SMARTS) is 1. The predicted octanol–water partition coefficient (Wildman–Crippen LogP) is 3.44. The number of carboxylic acids is 1. The lowest BCUT2D eigenvalue weighted by Gasteiger charge is -2.19. The molecule has 0 saturated heterocycles. The monoisotopic (exact) mass is 419 g/mol. The maximum atomic E-state index is 10.1. The second-order valence-electron chi connectivity index (χ2n) is 7.41. The fourth-order valence-electron chi connectivity index (χ4n) is 3.34. The average Bonchev–Trinajstić information content (AvgIpc) is 2.82. The van der Waals surface area contributed by atoms with Gasteiger partial charge >= 0.3 is 0 Å². The zero-order valence-corrected chi connectivity index (χ0v) is 18.5. The van der Waals surface area contributed by atoms with Crippen molar-refractivity contribution in [2.45, 2.75) is 32.1 Å². The highest BCUT2D eigenvalue weighted by Gasteiger charge is 2.15. The van der Waals surface area contributed by atoms with Gasteiger partial charge in [-0.1, -0.05) is 85.8 Å². The maximum absolute atomic E-state index is 10.1. The van der Waals surface area contributed by atoms with Gasteiger partial charge in [0.15, 0.2) is 0 Å². The number of ether oxygens (including phenoxy) is 1. The van der Waals surface area contributed by atoms with Gasteiger partial charge in [0.25, 0.3) is 0 Å². The quantitative estimate of drug-likeness (QED) is 0.547. The Kier molecular flexibility index (Phi) is 10.9. The van der Waals surface area contributed by atoms with E-state index in [1.807, 2.05) is 0 Å². The molecule has 4 heteroatoms. The van der Waals surface area contributed by atoms with Gasteiger partial charge in [0, 0.05) is 6.42 Å². The smallest absolute Gasteiger partial charge is 0.122 e. The van der Waals surface area contributed by atoms with Crippen LogP contribution in [0.5, 0.6) is 5.75 Å². The van der Waals surface area contributed by atoms with E-state index in [4.69, 9.17) is 4.74 Å². The standard InChI is InChI=1S/C20H27NO.C7H6O2/c1-3-15-22-20-12-8-7-11-19(20)16-18(13-14-21-2)17-9-5-4-6-10-17;8-7(9)6-4-2-1-3-5-6/h4-12,18,21H,3,13-16H2,1-2H3;1-5H,(H,8,9). The van der Waals surface area contributed by atoms with Crippen molar-refractivity contribution >= 4 is 5.97 Å². The molecule has 0 saturated carbocycles. The number of aromatic carboxylic acids is 1. The molecule has 0 fully saturated rings. The van der Waals surface area contributed by atoms with Crippen LogP contribution in [0.15, 0.2) is 84.9 Å². The summed E-state index contributed by atoms with van der Waals surface area (Å²) in [6.07, 6.45) is 3.27. The van der Waals surface area contributed by atoms with Crippen molar-refractivity contribution in [2.75, 3.05) is 20.2 Å². The average molecular weight is 420 g/mol. The number of para-hydroxylation sites is 1.